The van der Waals surface area contributed by atoms with Crippen LogP contribution < -0.4 is 4.90 Å². The van der Waals surface area contributed by atoms with Crippen molar-refractivity contribution in [1.29, 1.82) is 0 Å². The van der Waals surface area contributed by atoms with Crippen molar-refractivity contribution in [2.75, 3.05) is 11.9 Å². The molecule has 4 aliphatic rings. The van der Waals surface area contributed by atoms with Crippen LogP contribution in [0.4, 0.5) is 5.69 Å². The highest BCUT2D eigenvalue weighted by molar-refractivity contribution is 5.95. The molecular weight excluding hydrogens is 262 g/mol. The SMILES string of the molecule is CN(C(=O)C1C2CC3CC(C2)CC1C3)c1ccc(O)cc1. The number of carbonyl (C=O) groups excluding carboxylic acids is 1. The molecular formula is C18H23NO2. The van der Waals surface area contributed by atoms with E-state index in [1.54, 1.807) is 17.0 Å². The quantitative estimate of drug-likeness (QED) is 0.904. The third-order valence-electron chi connectivity index (χ3n) is 6.08. The van der Waals surface area contributed by atoms with Crippen molar-refractivity contribution in [3.63, 3.8) is 0 Å². The fourth-order valence-electron chi connectivity index (χ4n) is 5.36. The standard InChI is InChI=1S/C18H23NO2/c1-19(15-2-4-16(20)5-3-15)18(21)17-13-7-11-6-12(9-13)10-14(17)8-11/h2-5,11-14,17,20H,6-10H2,1H3. The van der Waals surface area contributed by atoms with Crippen LogP contribution >= 0.6 is 0 Å². The van der Waals surface area contributed by atoms with Crippen molar-refractivity contribution >= 4 is 11.6 Å². The third kappa shape index (κ3) is 2.14. The molecule has 3 heteroatoms. The highest BCUT2D eigenvalue weighted by Gasteiger charge is 2.51. The van der Waals surface area contributed by atoms with Crippen LogP contribution in [0, 0.1) is 29.6 Å². The van der Waals surface area contributed by atoms with Crippen LogP contribution in [0.15, 0.2) is 24.3 Å². The summed E-state index contributed by atoms with van der Waals surface area (Å²) in [7, 11) is 1.87. The minimum atomic E-state index is 0.233. The first kappa shape index (κ1) is 13.2. The number of hydrogen-bond acceptors (Lipinski definition) is 2. The van der Waals surface area contributed by atoms with Crippen LogP contribution in [0.1, 0.15) is 32.1 Å². The molecule has 4 saturated carbocycles. The summed E-state index contributed by atoms with van der Waals surface area (Å²) in [5, 5.41) is 9.39. The van der Waals surface area contributed by atoms with Crippen LogP contribution in [0.25, 0.3) is 0 Å². The number of nitrogens with zero attached hydrogens (tertiary/aromatic N) is 1. The summed E-state index contributed by atoms with van der Waals surface area (Å²) in [6.45, 7) is 0. The molecule has 1 amide bonds. The Kier molecular flexibility index (Phi) is 2.98. The molecule has 0 spiro atoms. The molecule has 1 aromatic rings. The summed E-state index contributed by atoms with van der Waals surface area (Å²) < 4.78 is 0. The monoisotopic (exact) mass is 285 g/mol. The topological polar surface area (TPSA) is 40.5 Å². The maximum absolute atomic E-state index is 13.0. The average molecular weight is 285 g/mol. The summed E-state index contributed by atoms with van der Waals surface area (Å²) in [5.41, 5.74) is 0.881. The summed E-state index contributed by atoms with van der Waals surface area (Å²) in [4.78, 5) is 14.8. The summed E-state index contributed by atoms with van der Waals surface area (Å²) in [6.07, 6.45) is 6.50. The molecule has 21 heavy (non-hydrogen) atoms. The number of benzene rings is 1. The van der Waals surface area contributed by atoms with Gasteiger partial charge in [-0.3, -0.25) is 4.79 Å². The van der Waals surface area contributed by atoms with E-state index in [9.17, 15) is 9.90 Å². The summed E-state index contributed by atoms with van der Waals surface area (Å²) in [6, 6.07) is 6.94. The van der Waals surface area contributed by atoms with Gasteiger partial charge in [-0.15, -0.1) is 0 Å². The second-order valence-corrected chi connectivity index (χ2v) is 7.37. The Morgan fingerprint density at radius 1 is 1.00 bits per heavy atom. The Hall–Kier alpha value is -1.51. The highest BCUT2D eigenvalue weighted by atomic mass is 16.3. The van der Waals surface area contributed by atoms with Gasteiger partial charge in [0.1, 0.15) is 5.75 Å². The van der Waals surface area contributed by atoms with E-state index in [2.05, 4.69) is 0 Å². The van der Waals surface area contributed by atoms with E-state index in [1.807, 2.05) is 19.2 Å². The molecule has 112 valence electrons. The number of aromatic hydroxyl groups is 1. The second-order valence-electron chi connectivity index (χ2n) is 7.37. The van der Waals surface area contributed by atoms with E-state index >= 15 is 0 Å². The molecule has 4 aliphatic carbocycles. The largest absolute Gasteiger partial charge is 0.508 e. The van der Waals surface area contributed by atoms with Crippen molar-refractivity contribution in [1.82, 2.24) is 0 Å². The van der Waals surface area contributed by atoms with Gasteiger partial charge >= 0.3 is 0 Å². The molecule has 3 nitrogen and oxygen atoms in total. The Balaban J connectivity index is 1.55. The zero-order valence-corrected chi connectivity index (χ0v) is 12.5. The van der Waals surface area contributed by atoms with Crippen LogP contribution in [-0.2, 0) is 4.79 Å². The molecule has 4 bridgehead atoms. The van der Waals surface area contributed by atoms with Crippen molar-refractivity contribution in [2.45, 2.75) is 32.1 Å². The molecule has 0 heterocycles. The van der Waals surface area contributed by atoms with E-state index in [0.29, 0.717) is 11.8 Å². The van der Waals surface area contributed by atoms with Crippen LogP contribution in [0.3, 0.4) is 0 Å². The minimum Gasteiger partial charge on any atom is -0.508 e. The lowest BCUT2D eigenvalue weighted by Gasteiger charge is -2.54. The maximum atomic E-state index is 13.0. The molecule has 0 unspecified atom stereocenters. The summed E-state index contributed by atoms with van der Waals surface area (Å²) >= 11 is 0. The van der Waals surface area contributed by atoms with Crippen LogP contribution in [-0.4, -0.2) is 18.1 Å². The van der Waals surface area contributed by atoms with Crippen LogP contribution in [0.5, 0.6) is 5.75 Å². The normalized spacial score (nSPS) is 36.7. The predicted octanol–water partition coefficient (Wildman–Crippen LogP) is 3.43. The first-order chi connectivity index (χ1) is 10.1. The van der Waals surface area contributed by atoms with Gasteiger partial charge in [-0.2, -0.15) is 0 Å². The number of phenolic OH excluding ortho intramolecular Hbond substituents is 1. The number of phenols is 1. The number of carbonyl (C=O) groups is 1. The molecule has 1 N–H and O–H groups in total. The van der Waals surface area contributed by atoms with Crippen molar-refractivity contribution in [2.24, 2.45) is 29.6 Å². The van der Waals surface area contributed by atoms with Gasteiger partial charge in [-0.05, 0) is 80.0 Å². The Morgan fingerprint density at radius 3 is 2.05 bits per heavy atom. The van der Waals surface area contributed by atoms with E-state index in [-0.39, 0.29) is 17.6 Å². The van der Waals surface area contributed by atoms with E-state index in [4.69, 9.17) is 0 Å². The average Bonchev–Trinajstić information content (AvgIpc) is 2.46. The molecule has 0 saturated heterocycles. The van der Waals surface area contributed by atoms with Crippen molar-refractivity contribution in [3.8, 4) is 5.75 Å². The van der Waals surface area contributed by atoms with Crippen LogP contribution in [0.2, 0.25) is 0 Å². The predicted molar refractivity (Wildman–Crippen MR) is 82.1 cm³/mol. The first-order valence-corrected chi connectivity index (χ1v) is 8.18. The maximum Gasteiger partial charge on any atom is 0.230 e. The molecule has 0 aliphatic heterocycles. The molecule has 0 atom stereocenters. The smallest absolute Gasteiger partial charge is 0.230 e. The first-order valence-electron chi connectivity index (χ1n) is 8.18. The van der Waals surface area contributed by atoms with Crippen molar-refractivity contribution in [3.05, 3.63) is 24.3 Å². The summed E-state index contributed by atoms with van der Waals surface area (Å²) in [5.74, 6) is 3.80. The Labute approximate surface area is 126 Å². The van der Waals surface area contributed by atoms with Gasteiger partial charge in [0.05, 0.1) is 0 Å². The number of hydrogen-bond donors (Lipinski definition) is 1. The zero-order chi connectivity index (χ0) is 14.6. The van der Waals surface area contributed by atoms with Gasteiger partial charge in [-0.25, -0.2) is 0 Å². The number of anilines is 1. The molecule has 0 radical (unpaired) electrons. The molecule has 0 aromatic heterocycles. The molecule has 4 fully saturated rings. The lowest BCUT2D eigenvalue weighted by Crippen LogP contribution is -2.51. The fraction of sp³-hybridized carbons (Fsp3) is 0.611. The fourth-order valence-corrected chi connectivity index (χ4v) is 5.36. The van der Waals surface area contributed by atoms with Gasteiger partial charge < -0.3 is 10.0 Å². The Bertz CT molecular complexity index is 523. The van der Waals surface area contributed by atoms with Gasteiger partial charge in [0.25, 0.3) is 0 Å². The van der Waals surface area contributed by atoms with E-state index < -0.39 is 0 Å². The van der Waals surface area contributed by atoms with Gasteiger partial charge in [0.15, 0.2) is 0 Å². The van der Waals surface area contributed by atoms with Gasteiger partial charge in [0.2, 0.25) is 5.91 Å². The Morgan fingerprint density at radius 2 is 1.52 bits per heavy atom. The van der Waals surface area contributed by atoms with Crippen molar-refractivity contribution < 1.29 is 9.90 Å². The number of amides is 1. The van der Waals surface area contributed by atoms with Gasteiger partial charge in [0, 0.05) is 18.7 Å². The lowest BCUT2D eigenvalue weighted by molar-refractivity contribution is -0.135. The van der Waals surface area contributed by atoms with Gasteiger partial charge in [-0.1, -0.05) is 0 Å². The van der Waals surface area contributed by atoms with E-state index in [1.165, 1.54) is 32.1 Å². The lowest BCUT2D eigenvalue weighted by atomic mass is 9.51. The molecule has 1 aromatic carbocycles. The third-order valence-corrected chi connectivity index (χ3v) is 6.08. The second kappa shape index (κ2) is 4.75. The number of rotatable bonds is 2. The highest BCUT2D eigenvalue weighted by Crippen LogP contribution is 2.56. The molecule has 5 rings (SSSR count). The minimum absolute atomic E-state index is 0.233. The zero-order valence-electron chi connectivity index (χ0n) is 12.5. The van der Waals surface area contributed by atoms with E-state index in [0.717, 1.165) is 17.5 Å².